The maximum atomic E-state index is 12.5. The van der Waals surface area contributed by atoms with Gasteiger partial charge in [0.2, 0.25) is 0 Å². The van der Waals surface area contributed by atoms with Crippen LogP contribution >= 0.6 is 0 Å². The van der Waals surface area contributed by atoms with Crippen LogP contribution in [0.15, 0.2) is 36.5 Å². The summed E-state index contributed by atoms with van der Waals surface area (Å²) in [6, 6.07) is 8.31. The van der Waals surface area contributed by atoms with Crippen LogP contribution in [-0.4, -0.2) is 23.1 Å². The molecule has 2 aromatic rings. The fourth-order valence-corrected chi connectivity index (χ4v) is 2.61. The second-order valence-corrected chi connectivity index (χ2v) is 5.66. The Balaban J connectivity index is 0.000000178. The third kappa shape index (κ3) is 4.76. The standard InChI is InChI=1S/C9H6F2O3.C8H10N2.C2H6/c1-5(12)6-2-3-7-8(4-6)14-9(10,11)13-7;9-7-4-6-2-1-3-10-8(6)5-7;1-2/h2-4H,1H3;1-3,7H,4-5,9H2;1-2H3. The largest absolute Gasteiger partial charge is 0.586 e. The lowest BCUT2D eigenvalue weighted by molar-refractivity contribution is -0.286. The van der Waals surface area contributed by atoms with Crippen molar-refractivity contribution >= 4 is 5.78 Å². The molecule has 140 valence electrons. The average molecular weight is 364 g/mol. The van der Waals surface area contributed by atoms with Gasteiger partial charge in [-0.25, -0.2) is 0 Å². The van der Waals surface area contributed by atoms with Crippen LogP contribution in [0.25, 0.3) is 0 Å². The highest BCUT2D eigenvalue weighted by Crippen LogP contribution is 2.41. The number of ether oxygens (including phenoxy) is 2. The molecule has 1 unspecified atom stereocenters. The quantitative estimate of drug-likeness (QED) is 0.780. The molecule has 0 bridgehead atoms. The van der Waals surface area contributed by atoms with Gasteiger partial charge in [-0.1, -0.05) is 19.9 Å². The highest BCUT2D eigenvalue weighted by atomic mass is 19.3. The first-order valence-corrected chi connectivity index (χ1v) is 8.43. The molecule has 0 saturated heterocycles. The minimum atomic E-state index is -3.63. The highest BCUT2D eigenvalue weighted by molar-refractivity contribution is 5.94. The van der Waals surface area contributed by atoms with Gasteiger partial charge in [-0.3, -0.25) is 9.78 Å². The number of hydrogen-bond donors (Lipinski definition) is 1. The molecular formula is C19H22F2N2O3. The highest BCUT2D eigenvalue weighted by Gasteiger charge is 2.43. The second-order valence-electron chi connectivity index (χ2n) is 5.66. The van der Waals surface area contributed by atoms with E-state index in [0.29, 0.717) is 11.6 Å². The average Bonchev–Trinajstić information content (AvgIpc) is 3.12. The zero-order valence-corrected chi connectivity index (χ0v) is 15.0. The lowest BCUT2D eigenvalue weighted by atomic mass is 10.1. The van der Waals surface area contributed by atoms with Gasteiger partial charge in [0, 0.05) is 29.9 Å². The molecule has 7 heteroatoms. The van der Waals surface area contributed by atoms with Crippen molar-refractivity contribution in [1.29, 1.82) is 0 Å². The number of rotatable bonds is 1. The van der Waals surface area contributed by atoms with Crippen molar-refractivity contribution in [3.05, 3.63) is 53.3 Å². The summed E-state index contributed by atoms with van der Waals surface area (Å²) in [6.07, 6.45) is 0.161. The van der Waals surface area contributed by atoms with E-state index in [0.717, 1.165) is 12.8 Å². The lowest BCUT2D eigenvalue weighted by Crippen LogP contribution is -2.25. The number of nitrogens with two attached hydrogens (primary N) is 1. The summed E-state index contributed by atoms with van der Waals surface area (Å²) in [5.74, 6) is -0.380. The molecule has 1 aromatic carbocycles. The molecule has 0 radical (unpaired) electrons. The third-order valence-electron chi connectivity index (χ3n) is 3.73. The predicted molar refractivity (Wildman–Crippen MR) is 93.6 cm³/mol. The Morgan fingerprint density at radius 1 is 1.19 bits per heavy atom. The first-order valence-electron chi connectivity index (χ1n) is 8.43. The number of carbonyl (C=O) groups excluding carboxylic acids is 1. The van der Waals surface area contributed by atoms with E-state index in [1.807, 2.05) is 26.1 Å². The first kappa shape index (κ1) is 19.8. The van der Waals surface area contributed by atoms with Gasteiger partial charge in [-0.15, -0.1) is 8.78 Å². The summed E-state index contributed by atoms with van der Waals surface area (Å²) in [6.45, 7) is 5.34. The zero-order valence-electron chi connectivity index (χ0n) is 15.0. The molecule has 1 aromatic heterocycles. The van der Waals surface area contributed by atoms with Crippen LogP contribution in [-0.2, 0) is 12.8 Å². The van der Waals surface area contributed by atoms with Gasteiger partial charge in [-0.05, 0) is 43.2 Å². The number of nitrogens with zero attached hydrogens (tertiary/aromatic N) is 1. The number of hydrogen-bond acceptors (Lipinski definition) is 5. The Kier molecular flexibility index (Phi) is 6.26. The number of ketones is 1. The van der Waals surface area contributed by atoms with E-state index in [9.17, 15) is 13.6 Å². The molecule has 4 rings (SSSR count). The second kappa shape index (κ2) is 8.23. The van der Waals surface area contributed by atoms with Gasteiger partial charge in [0.05, 0.1) is 0 Å². The summed E-state index contributed by atoms with van der Waals surface area (Å²) in [5, 5.41) is 0. The summed E-state index contributed by atoms with van der Waals surface area (Å²) in [5.41, 5.74) is 8.57. The third-order valence-corrected chi connectivity index (χ3v) is 3.73. The number of Topliss-reactive ketones (excluding diaryl/α,β-unsaturated/α-hetero) is 1. The van der Waals surface area contributed by atoms with Gasteiger partial charge >= 0.3 is 6.29 Å². The molecule has 0 spiro atoms. The van der Waals surface area contributed by atoms with Gasteiger partial charge < -0.3 is 15.2 Å². The number of aromatic nitrogens is 1. The van der Waals surface area contributed by atoms with Crippen molar-refractivity contribution in [1.82, 2.24) is 4.98 Å². The van der Waals surface area contributed by atoms with Crippen LogP contribution < -0.4 is 15.2 Å². The van der Waals surface area contributed by atoms with Crippen molar-refractivity contribution < 1.29 is 23.0 Å². The summed E-state index contributed by atoms with van der Waals surface area (Å²) >= 11 is 0. The molecule has 2 aliphatic rings. The fourth-order valence-electron chi connectivity index (χ4n) is 2.61. The van der Waals surface area contributed by atoms with Crippen LogP contribution in [0.1, 0.15) is 42.4 Å². The summed E-state index contributed by atoms with van der Waals surface area (Å²) in [4.78, 5) is 15.2. The summed E-state index contributed by atoms with van der Waals surface area (Å²) in [7, 11) is 0. The normalized spacial score (nSPS) is 18.0. The number of pyridine rings is 1. The molecule has 0 saturated carbocycles. The maximum Gasteiger partial charge on any atom is 0.586 e. The molecule has 5 nitrogen and oxygen atoms in total. The maximum absolute atomic E-state index is 12.5. The van der Waals surface area contributed by atoms with Crippen LogP contribution in [0, 0.1) is 0 Å². The monoisotopic (exact) mass is 364 g/mol. The van der Waals surface area contributed by atoms with E-state index in [2.05, 4.69) is 20.5 Å². The van der Waals surface area contributed by atoms with E-state index in [1.54, 1.807) is 0 Å². The number of carbonyl (C=O) groups is 1. The molecule has 0 fully saturated rings. The van der Waals surface area contributed by atoms with E-state index < -0.39 is 6.29 Å². The van der Waals surface area contributed by atoms with Crippen molar-refractivity contribution in [2.24, 2.45) is 5.73 Å². The Morgan fingerprint density at radius 2 is 1.88 bits per heavy atom. The van der Waals surface area contributed by atoms with E-state index in [4.69, 9.17) is 5.73 Å². The Morgan fingerprint density at radius 3 is 2.54 bits per heavy atom. The van der Waals surface area contributed by atoms with Gasteiger partial charge in [0.25, 0.3) is 0 Å². The summed E-state index contributed by atoms with van der Waals surface area (Å²) < 4.78 is 33.4. The van der Waals surface area contributed by atoms with Gasteiger partial charge in [-0.2, -0.15) is 0 Å². The van der Waals surface area contributed by atoms with E-state index in [1.165, 1.54) is 36.4 Å². The fraction of sp³-hybridized carbons (Fsp3) is 0.368. The van der Waals surface area contributed by atoms with Crippen molar-refractivity contribution in [3.8, 4) is 11.5 Å². The van der Waals surface area contributed by atoms with Crippen molar-refractivity contribution in [3.63, 3.8) is 0 Å². The zero-order chi connectivity index (χ0) is 19.3. The van der Waals surface area contributed by atoms with Crippen LogP contribution in [0.2, 0.25) is 0 Å². The smallest absolute Gasteiger partial charge is 0.395 e. The van der Waals surface area contributed by atoms with E-state index in [-0.39, 0.29) is 17.3 Å². The molecule has 0 amide bonds. The molecular weight excluding hydrogens is 342 g/mol. The number of halogens is 2. The van der Waals surface area contributed by atoms with Crippen LogP contribution in [0.5, 0.6) is 11.5 Å². The molecule has 1 atom stereocenters. The first-order chi connectivity index (χ1) is 12.3. The minimum Gasteiger partial charge on any atom is -0.395 e. The number of alkyl halides is 2. The Bertz CT molecular complexity index is 756. The molecule has 2 heterocycles. The predicted octanol–water partition coefficient (Wildman–Crippen LogP) is 3.74. The van der Waals surface area contributed by atoms with Gasteiger partial charge in [0.1, 0.15) is 0 Å². The molecule has 26 heavy (non-hydrogen) atoms. The van der Waals surface area contributed by atoms with Crippen molar-refractivity contribution in [2.45, 2.75) is 45.9 Å². The molecule has 2 N–H and O–H groups in total. The number of benzene rings is 1. The van der Waals surface area contributed by atoms with Crippen LogP contribution in [0.4, 0.5) is 8.78 Å². The Hall–Kier alpha value is -2.54. The van der Waals surface area contributed by atoms with Gasteiger partial charge in [0.15, 0.2) is 17.3 Å². The van der Waals surface area contributed by atoms with Crippen LogP contribution in [0.3, 0.4) is 0 Å². The molecule has 1 aliphatic carbocycles. The minimum absolute atomic E-state index is 0.0556. The molecule has 1 aliphatic heterocycles. The lowest BCUT2D eigenvalue weighted by Gasteiger charge is -2.04. The topological polar surface area (TPSA) is 74.4 Å². The number of fused-ring (bicyclic) bond motifs is 2. The van der Waals surface area contributed by atoms with E-state index >= 15 is 0 Å². The SMILES string of the molecule is CC.CC(=O)c1ccc2c(c1)OC(F)(F)O2.NC1Cc2cccnc2C1. The Labute approximate surface area is 151 Å². The van der Waals surface area contributed by atoms with Crippen molar-refractivity contribution in [2.75, 3.05) is 0 Å².